The molecule has 1 aromatic carbocycles. The van der Waals surface area contributed by atoms with Crippen molar-refractivity contribution in [3.05, 3.63) is 29.8 Å². The van der Waals surface area contributed by atoms with Gasteiger partial charge in [-0.1, -0.05) is 12.1 Å². The summed E-state index contributed by atoms with van der Waals surface area (Å²) in [6, 6.07) is 11.6. The lowest BCUT2D eigenvalue weighted by molar-refractivity contribution is 0.274. The normalized spacial score (nSPS) is 20.0. The molecule has 2 rings (SSSR count). The van der Waals surface area contributed by atoms with Crippen molar-refractivity contribution in [3.8, 4) is 6.07 Å². The van der Waals surface area contributed by atoms with E-state index in [-0.39, 0.29) is 0 Å². The standard InChI is InChI=1S/C15H21N3/c1-12(2)18-10-8-15(11-18)17-14-5-3-13(4-6-14)7-9-16/h3-6,12,15,17H,7-8,10-11H2,1-2H3. The third-order valence-electron chi connectivity index (χ3n) is 3.56. The van der Waals surface area contributed by atoms with Crippen LogP contribution in [0.2, 0.25) is 0 Å². The summed E-state index contributed by atoms with van der Waals surface area (Å²) in [5, 5.41) is 12.2. The molecule has 1 aliphatic rings. The number of hydrogen-bond acceptors (Lipinski definition) is 3. The van der Waals surface area contributed by atoms with E-state index in [9.17, 15) is 0 Å². The number of likely N-dealkylation sites (tertiary alicyclic amines) is 1. The fraction of sp³-hybridized carbons (Fsp3) is 0.533. The van der Waals surface area contributed by atoms with Gasteiger partial charge in [0.05, 0.1) is 12.5 Å². The molecule has 96 valence electrons. The van der Waals surface area contributed by atoms with Crippen LogP contribution in [0.4, 0.5) is 5.69 Å². The van der Waals surface area contributed by atoms with Crippen LogP contribution in [-0.2, 0) is 6.42 Å². The van der Waals surface area contributed by atoms with Crippen LogP contribution in [0.3, 0.4) is 0 Å². The molecule has 1 saturated heterocycles. The van der Waals surface area contributed by atoms with Gasteiger partial charge in [-0.3, -0.25) is 4.90 Å². The number of anilines is 1. The highest BCUT2D eigenvalue weighted by Gasteiger charge is 2.23. The second-order valence-corrected chi connectivity index (χ2v) is 5.25. The fourth-order valence-electron chi connectivity index (χ4n) is 2.42. The second-order valence-electron chi connectivity index (χ2n) is 5.25. The molecule has 1 unspecified atom stereocenters. The van der Waals surface area contributed by atoms with Gasteiger partial charge in [-0.05, 0) is 38.0 Å². The number of rotatable bonds is 4. The summed E-state index contributed by atoms with van der Waals surface area (Å²) in [5.41, 5.74) is 2.24. The Kier molecular flexibility index (Phi) is 4.22. The van der Waals surface area contributed by atoms with Crippen molar-refractivity contribution in [2.24, 2.45) is 0 Å². The third-order valence-corrected chi connectivity index (χ3v) is 3.56. The van der Waals surface area contributed by atoms with E-state index in [1.54, 1.807) is 0 Å². The molecular formula is C15H21N3. The van der Waals surface area contributed by atoms with E-state index in [0.717, 1.165) is 17.8 Å². The van der Waals surface area contributed by atoms with Crippen LogP contribution in [0.1, 0.15) is 25.8 Å². The summed E-state index contributed by atoms with van der Waals surface area (Å²) in [6.07, 6.45) is 1.70. The molecule has 1 heterocycles. The number of nitrogens with one attached hydrogen (secondary N) is 1. The zero-order valence-corrected chi connectivity index (χ0v) is 11.2. The Labute approximate surface area is 109 Å². The molecule has 0 spiro atoms. The molecule has 1 fully saturated rings. The van der Waals surface area contributed by atoms with E-state index in [1.165, 1.54) is 13.0 Å². The van der Waals surface area contributed by atoms with Crippen LogP contribution in [0.5, 0.6) is 0 Å². The first kappa shape index (κ1) is 12.9. The van der Waals surface area contributed by atoms with Gasteiger partial charge in [-0.2, -0.15) is 5.26 Å². The van der Waals surface area contributed by atoms with E-state index >= 15 is 0 Å². The average Bonchev–Trinajstić information content (AvgIpc) is 2.81. The van der Waals surface area contributed by atoms with Gasteiger partial charge in [0, 0.05) is 30.9 Å². The van der Waals surface area contributed by atoms with Gasteiger partial charge < -0.3 is 5.32 Å². The quantitative estimate of drug-likeness (QED) is 0.883. The van der Waals surface area contributed by atoms with E-state index in [1.807, 2.05) is 12.1 Å². The number of nitriles is 1. The zero-order chi connectivity index (χ0) is 13.0. The molecule has 0 amide bonds. The van der Waals surface area contributed by atoms with Crippen molar-refractivity contribution in [2.75, 3.05) is 18.4 Å². The Morgan fingerprint density at radius 2 is 2.11 bits per heavy atom. The molecule has 1 aromatic rings. The third kappa shape index (κ3) is 3.24. The minimum Gasteiger partial charge on any atom is -0.381 e. The van der Waals surface area contributed by atoms with E-state index in [4.69, 9.17) is 5.26 Å². The van der Waals surface area contributed by atoms with E-state index < -0.39 is 0 Å². The average molecular weight is 243 g/mol. The number of benzene rings is 1. The first-order chi connectivity index (χ1) is 8.69. The summed E-state index contributed by atoms with van der Waals surface area (Å²) in [4.78, 5) is 2.50. The Morgan fingerprint density at radius 1 is 1.39 bits per heavy atom. The maximum atomic E-state index is 8.63. The van der Waals surface area contributed by atoms with Crippen molar-refractivity contribution in [3.63, 3.8) is 0 Å². The van der Waals surface area contributed by atoms with Gasteiger partial charge in [-0.25, -0.2) is 0 Å². The van der Waals surface area contributed by atoms with Crippen LogP contribution in [-0.4, -0.2) is 30.1 Å². The van der Waals surface area contributed by atoms with Gasteiger partial charge in [0.15, 0.2) is 0 Å². The van der Waals surface area contributed by atoms with Crippen LogP contribution in [0.15, 0.2) is 24.3 Å². The number of nitrogens with zero attached hydrogens (tertiary/aromatic N) is 2. The lowest BCUT2D eigenvalue weighted by Gasteiger charge is -2.20. The maximum absolute atomic E-state index is 8.63. The Hall–Kier alpha value is -1.53. The fourth-order valence-corrected chi connectivity index (χ4v) is 2.42. The molecule has 3 heteroatoms. The van der Waals surface area contributed by atoms with Crippen molar-refractivity contribution in [2.45, 2.75) is 38.8 Å². The van der Waals surface area contributed by atoms with Crippen molar-refractivity contribution >= 4 is 5.69 Å². The summed E-state index contributed by atoms with van der Waals surface area (Å²) in [5.74, 6) is 0. The summed E-state index contributed by atoms with van der Waals surface area (Å²) >= 11 is 0. The van der Waals surface area contributed by atoms with Gasteiger partial charge in [-0.15, -0.1) is 0 Å². The molecule has 0 aromatic heterocycles. The largest absolute Gasteiger partial charge is 0.381 e. The van der Waals surface area contributed by atoms with Crippen LogP contribution < -0.4 is 5.32 Å². The Morgan fingerprint density at radius 3 is 2.67 bits per heavy atom. The summed E-state index contributed by atoms with van der Waals surface area (Å²) in [6.45, 7) is 6.80. The van der Waals surface area contributed by atoms with Crippen molar-refractivity contribution < 1.29 is 0 Å². The summed E-state index contributed by atoms with van der Waals surface area (Å²) < 4.78 is 0. The first-order valence-corrected chi connectivity index (χ1v) is 6.65. The van der Waals surface area contributed by atoms with Crippen molar-refractivity contribution in [1.82, 2.24) is 4.90 Å². The molecule has 1 N–H and O–H groups in total. The molecule has 0 radical (unpaired) electrons. The minimum absolute atomic E-state index is 0.491. The highest BCUT2D eigenvalue weighted by Crippen LogP contribution is 2.18. The lowest BCUT2D eigenvalue weighted by atomic mass is 10.1. The topological polar surface area (TPSA) is 39.1 Å². The number of hydrogen-bond donors (Lipinski definition) is 1. The molecule has 0 saturated carbocycles. The highest BCUT2D eigenvalue weighted by molar-refractivity contribution is 5.46. The SMILES string of the molecule is CC(C)N1CCC(Nc2ccc(CC#N)cc2)C1. The highest BCUT2D eigenvalue weighted by atomic mass is 15.2. The smallest absolute Gasteiger partial charge is 0.0669 e. The van der Waals surface area contributed by atoms with E-state index in [2.05, 4.69) is 42.3 Å². The second kappa shape index (κ2) is 5.88. The Balaban J connectivity index is 1.89. The molecule has 1 atom stereocenters. The maximum Gasteiger partial charge on any atom is 0.0669 e. The molecule has 3 nitrogen and oxygen atoms in total. The Bertz CT molecular complexity index is 416. The van der Waals surface area contributed by atoms with Gasteiger partial charge >= 0.3 is 0 Å². The minimum atomic E-state index is 0.491. The molecular weight excluding hydrogens is 222 g/mol. The van der Waals surface area contributed by atoms with Crippen LogP contribution >= 0.6 is 0 Å². The first-order valence-electron chi connectivity index (χ1n) is 6.65. The van der Waals surface area contributed by atoms with Gasteiger partial charge in [0.1, 0.15) is 0 Å². The predicted octanol–water partition coefficient (Wildman–Crippen LogP) is 2.65. The molecule has 18 heavy (non-hydrogen) atoms. The van der Waals surface area contributed by atoms with Crippen LogP contribution in [0, 0.1) is 11.3 Å². The van der Waals surface area contributed by atoms with Crippen LogP contribution in [0.25, 0.3) is 0 Å². The predicted molar refractivity (Wildman–Crippen MR) is 74.5 cm³/mol. The van der Waals surface area contributed by atoms with Gasteiger partial charge in [0.2, 0.25) is 0 Å². The van der Waals surface area contributed by atoms with Gasteiger partial charge in [0.25, 0.3) is 0 Å². The lowest BCUT2D eigenvalue weighted by Crippen LogP contribution is -2.31. The molecule has 0 aliphatic carbocycles. The molecule has 0 bridgehead atoms. The molecule has 1 aliphatic heterocycles. The van der Waals surface area contributed by atoms with E-state index in [0.29, 0.717) is 18.5 Å². The zero-order valence-electron chi connectivity index (χ0n) is 11.2. The summed E-state index contributed by atoms with van der Waals surface area (Å²) in [7, 11) is 0. The van der Waals surface area contributed by atoms with Crippen molar-refractivity contribution in [1.29, 1.82) is 5.26 Å². The monoisotopic (exact) mass is 243 g/mol.